The van der Waals surface area contributed by atoms with E-state index in [4.69, 9.17) is 0 Å². The molecule has 2 amide bonds. The van der Waals surface area contributed by atoms with Crippen molar-refractivity contribution in [2.45, 2.75) is 58.9 Å². The topological polar surface area (TPSA) is 48.1 Å². The average Bonchev–Trinajstić information content (AvgIpc) is 3.13. The molecule has 4 rings (SSSR count). The summed E-state index contributed by atoms with van der Waals surface area (Å²) in [6, 6.07) is 6.80. The lowest BCUT2D eigenvalue weighted by molar-refractivity contribution is 0.208. The SMILES string of the molecule is CC.Cc1cc2[nH]c(CNC(=O)N3CCCC3)cc2cc1C1CC1. The fraction of sp³-hybridized carbons (Fsp3) is 0.550. The fourth-order valence-electron chi connectivity index (χ4n) is 3.50. The molecule has 1 saturated heterocycles. The van der Waals surface area contributed by atoms with Crippen LogP contribution in [0.2, 0.25) is 0 Å². The first-order chi connectivity index (χ1) is 11.7. The number of H-pyrrole nitrogens is 1. The molecule has 4 heteroatoms. The summed E-state index contributed by atoms with van der Waals surface area (Å²) in [6.45, 7) is 8.55. The minimum Gasteiger partial charge on any atom is -0.357 e. The van der Waals surface area contributed by atoms with Crippen molar-refractivity contribution >= 4 is 16.9 Å². The van der Waals surface area contributed by atoms with Gasteiger partial charge in [-0.05, 0) is 67.9 Å². The molecular formula is C20H29N3O. The molecule has 1 aromatic heterocycles. The van der Waals surface area contributed by atoms with Crippen LogP contribution in [0, 0.1) is 6.92 Å². The van der Waals surface area contributed by atoms with Crippen LogP contribution in [-0.4, -0.2) is 29.0 Å². The molecule has 4 nitrogen and oxygen atoms in total. The number of carbonyl (C=O) groups is 1. The number of likely N-dealkylation sites (tertiary alicyclic amines) is 1. The van der Waals surface area contributed by atoms with Crippen molar-refractivity contribution in [1.82, 2.24) is 15.2 Å². The molecule has 24 heavy (non-hydrogen) atoms. The average molecular weight is 327 g/mol. The lowest BCUT2D eigenvalue weighted by Crippen LogP contribution is -2.37. The highest BCUT2D eigenvalue weighted by molar-refractivity contribution is 5.82. The number of aryl methyl sites for hydroxylation is 1. The van der Waals surface area contributed by atoms with E-state index in [1.807, 2.05) is 18.7 Å². The molecule has 0 radical (unpaired) electrons. The molecule has 1 saturated carbocycles. The van der Waals surface area contributed by atoms with Crippen molar-refractivity contribution < 1.29 is 4.79 Å². The minimum atomic E-state index is 0.0611. The molecule has 2 aromatic rings. The summed E-state index contributed by atoms with van der Waals surface area (Å²) >= 11 is 0. The number of aromatic amines is 1. The highest BCUT2D eigenvalue weighted by Gasteiger charge is 2.25. The van der Waals surface area contributed by atoms with Gasteiger partial charge in [0.25, 0.3) is 0 Å². The first-order valence-corrected chi connectivity index (χ1v) is 9.35. The van der Waals surface area contributed by atoms with Gasteiger partial charge in [-0.15, -0.1) is 0 Å². The van der Waals surface area contributed by atoms with Gasteiger partial charge in [-0.1, -0.05) is 13.8 Å². The van der Waals surface area contributed by atoms with Crippen LogP contribution < -0.4 is 5.32 Å². The predicted octanol–water partition coefficient (Wildman–Crippen LogP) is 4.69. The molecule has 2 N–H and O–H groups in total. The van der Waals surface area contributed by atoms with E-state index in [-0.39, 0.29) is 6.03 Å². The van der Waals surface area contributed by atoms with E-state index < -0.39 is 0 Å². The number of amides is 2. The quantitative estimate of drug-likeness (QED) is 0.844. The molecule has 1 aliphatic heterocycles. The highest BCUT2D eigenvalue weighted by Crippen LogP contribution is 2.42. The van der Waals surface area contributed by atoms with Crippen molar-refractivity contribution in [2.24, 2.45) is 0 Å². The monoisotopic (exact) mass is 327 g/mol. The van der Waals surface area contributed by atoms with Gasteiger partial charge in [-0.25, -0.2) is 4.79 Å². The summed E-state index contributed by atoms with van der Waals surface area (Å²) in [7, 11) is 0. The number of benzene rings is 1. The van der Waals surface area contributed by atoms with Gasteiger partial charge >= 0.3 is 6.03 Å². The number of carbonyl (C=O) groups excluding carboxylic acids is 1. The number of nitrogens with zero attached hydrogens (tertiary/aromatic N) is 1. The van der Waals surface area contributed by atoms with Crippen LogP contribution in [-0.2, 0) is 6.54 Å². The molecule has 0 bridgehead atoms. The predicted molar refractivity (Wildman–Crippen MR) is 99.4 cm³/mol. The van der Waals surface area contributed by atoms with E-state index in [0.29, 0.717) is 6.54 Å². The van der Waals surface area contributed by atoms with Gasteiger partial charge in [-0.2, -0.15) is 0 Å². The number of rotatable bonds is 3. The van der Waals surface area contributed by atoms with Crippen LogP contribution in [0.15, 0.2) is 18.2 Å². The Balaban J connectivity index is 0.000000815. The van der Waals surface area contributed by atoms with E-state index >= 15 is 0 Å². The van der Waals surface area contributed by atoms with Crippen molar-refractivity contribution in [3.63, 3.8) is 0 Å². The Labute approximate surface area is 144 Å². The lowest BCUT2D eigenvalue weighted by Gasteiger charge is -2.15. The summed E-state index contributed by atoms with van der Waals surface area (Å²) in [5.74, 6) is 0.776. The van der Waals surface area contributed by atoms with Gasteiger partial charge in [0, 0.05) is 29.7 Å². The molecule has 2 heterocycles. The molecule has 0 spiro atoms. The molecule has 0 unspecified atom stereocenters. The summed E-state index contributed by atoms with van der Waals surface area (Å²) in [6.07, 6.45) is 4.91. The Morgan fingerprint density at radius 3 is 2.58 bits per heavy atom. The maximum Gasteiger partial charge on any atom is 0.317 e. The minimum absolute atomic E-state index is 0.0611. The first-order valence-electron chi connectivity index (χ1n) is 9.35. The zero-order chi connectivity index (χ0) is 17.1. The van der Waals surface area contributed by atoms with E-state index in [1.54, 1.807) is 0 Å². The van der Waals surface area contributed by atoms with Crippen LogP contribution in [0.5, 0.6) is 0 Å². The smallest absolute Gasteiger partial charge is 0.317 e. The second kappa shape index (κ2) is 7.29. The van der Waals surface area contributed by atoms with Crippen molar-refractivity contribution in [2.75, 3.05) is 13.1 Å². The van der Waals surface area contributed by atoms with Gasteiger partial charge in [-0.3, -0.25) is 0 Å². The summed E-state index contributed by atoms with van der Waals surface area (Å²) in [5, 5.41) is 4.28. The van der Waals surface area contributed by atoms with Crippen molar-refractivity contribution in [3.05, 3.63) is 35.0 Å². The van der Waals surface area contributed by atoms with E-state index in [0.717, 1.165) is 37.5 Å². The second-order valence-electron chi connectivity index (χ2n) is 6.72. The van der Waals surface area contributed by atoms with E-state index in [9.17, 15) is 4.79 Å². The molecule has 2 aliphatic rings. The summed E-state index contributed by atoms with van der Waals surface area (Å²) in [4.78, 5) is 17.4. The van der Waals surface area contributed by atoms with Gasteiger partial charge < -0.3 is 15.2 Å². The Hall–Kier alpha value is -1.97. The number of hydrogen-bond donors (Lipinski definition) is 2. The summed E-state index contributed by atoms with van der Waals surface area (Å²) < 4.78 is 0. The lowest BCUT2D eigenvalue weighted by atomic mass is 10.0. The zero-order valence-electron chi connectivity index (χ0n) is 15.1. The second-order valence-corrected chi connectivity index (χ2v) is 6.72. The van der Waals surface area contributed by atoms with Gasteiger partial charge in [0.05, 0.1) is 6.54 Å². The molecule has 0 atom stereocenters. The molecule has 2 fully saturated rings. The number of fused-ring (bicyclic) bond motifs is 1. The zero-order valence-corrected chi connectivity index (χ0v) is 15.1. The standard InChI is InChI=1S/C18H23N3O.C2H6/c1-12-8-17-14(10-16(12)13-4-5-13)9-15(20-17)11-19-18(22)21-6-2-3-7-21;1-2/h8-10,13,20H,2-7,11H2,1H3,(H,19,22);1-2H3. The van der Waals surface area contributed by atoms with Crippen LogP contribution >= 0.6 is 0 Å². The third-order valence-electron chi connectivity index (χ3n) is 4.90. The third-order valence-corrected chi connectivity index (χ3v) is 4.90. The molecule has 130 valence electrons. The number of hydrogen-bond acceptors (Lipinski definition) is 1. The van der Waals surface area contributed by atoms with Crippen LogP contribution in [0.25, 0.3) is 10.9 Å². The highest BCUT2D eigenvalue weighted by atomic mass is 16.2. The van der Waals surface area contributed by atoms with E-state index in [2.05, 4.69) is 35.4 Å². The van der Waals surface area contributed by atoms with E-state index in [1.165, 1.54) is 34.9 Å². The Bertz CT molecular complexity index is 709. The summed E-state index contributed by atoms with van der Waals surface area (Å²) in [5.41, 5.74) is 5.13. The van der Waals surface area contributed by atoms with Crippen LogP contribution in [0.4, 0.5) is 4.79 Å². The van der Waals surface area contributed by atoms with Crippen molar-refractivity contribution in [1.29, 1.82) is 0 Å². The maximum absolute atomic E-state index is 12.0. The normalized spacial score (nSPS) is 16.9. The largest absolute Gasteiger partial charge is 0.357 e. The van der Waals surface area contributed by atoms with Crippen molar-refractivity contribution in [3.8, 4) is 0 Å². The first kappa shape index (κ1) is 16.9. The molecule has 1 aromatic carbocycles. The fourth-order valence-corrected chi connectivity index (χ4v) is 3.50. The number of nitrogens with one attached hydrogen (secondary N) is 2. The molecule has 1 aliphatic carbocycles. The Morgan fingerprint density at radius 1 is 1.21 bits per heavy atom. The molecular weight excluding hydrogens is 298 g/mol. The maximum atomic E-state index is 12.0. The van der Waals surface area contributed by atoms with Gasteiger partial charge in [0.2, 0.25) is 0 Å². The Kier molecular flexibility index (Phi) is 5.12. The van der Waals surface area contributed by atoms with Gasteiger partial charge in [0.15, 0.2) is 0 Å². The number of aromatic nitrogens is 1. The van der Waals surface area contributed by atoms with Crippen LogP contribution in [0.3, 0.4) is 0 Å². The number of urea groups is 1. The third kappa shape index (κ3) is 3.58. The van der Waals surface area contributed by atoms with Gasteiger partial charge in [0.1, 0.15) is 0 Å². The Morgan fingerprint density at radius 2 is 1.92 bits per heavy atom. The van der Waals surface area contributed by atoms with Crippen LogP contribution in [0.1, 0.15) is 62.3 Å².